The Morgan fingerprint density at radius 3 is 2.47 bits per heavy atom. The van der Waals surface area contributed by atoms with E-state index >= 15 is 0 Å². The van der Waals surface area contributed by atoms with Gasteiger partial charge in [0.15, 0.2) is 0 Å². The predicted molar refractivity (Wildman–Crippen MR) is 137 cm³/mol. The molecule has 1 atom stereocenters. The Kier molecular flexibility index (Phi) is 7.25. The van der Waals surface area contributed by atoms with E-state index in [0.717, 1.165) is 16.5 Å². The Labute approximate surface area is 209 Å². The van der Waals surface area contributed by atoms with Crippen molar-refractivity contribution in [3.05, 3.63) is 96.4 Å². The number of rotatable bonds is 7. The van der Waals surface area contributed by atoms with E-state index in [1.807, 2.05) is 35.1 Å². The van der Waals surface area contributed by atoms with Crippen LogP contribution < -0.4 is 14.9 Å². The minimum atomic E-state index is -4.13. The van der Waals surface area contributed by atoms with Crippen molar-refractivity contribution in [3.63, 3.8) is 0 Å². The van der Waals surface area contributed by atoms with Gasteiger partial charge in [-0.15, -0.1) is 0 Å². The zero-order valence-corrected chi connectivity index (χ0v) is 20.6. The summed E-state index contributed by atoms with van der Waals surface area (Å²) in [6.45, 7) is 1.64. The van der Waals surface area contributed by atoms with Gasteiger partial charge in [0.05, 0.1) is 10.4 Å². The van der Waals surface area contributed by atoms with Gasteiger partial charge in [-0.3, -0.25) is 4.79 Å². The van der Waals surface area contributed by atoms with Crippen molar-refractivity contribution >= 4 is 38.6 Å². The molecule has 9 nitrogen and oxygen atoms in total. The van der Waals surface area contributed by atoms with Crippen LogP contribution in [0.1, 0.15) is 11.1 Å². The Morgan fingerprint density at radius 2 is 1.72 bits per heavy atom. The number of carbonyl (C=O) groups excluding carboxylic acids is 2. The van der Waals surface area contributed by atoms with Crippen LogP contribution in [0.2, 0.25) is 0 Å². The van der Waals surface area contributed by atoms with Gasteiger partial charge >= 0.3 is 6.03 Å². The normalized spacial score (nSPS) is 12.1. The fraction of sp³-hybridized carbons (Fsp3) is 0.154. The second kappa shape index (κ2) is 10.5. The summed E-state index contributed by atoms with van der Waals surface area (Å²) in [5, 5.41) is 3.31. The second-order valence-electron chi connectivity index (χ2n) is 8.25. The molecule has 1 unspecified atom stereocenters. The monoisotopic (exact) mass is 503 g/mol. The van der Waals surface area contributed by atoms with Gasteiger partial charge in [-0.05, 0) is 42.3 Å². The standard InChI is InChI=1S/C26H25N5O4S/c1-18-8-6-7-11-24(18)36(34,35)30-26(33)29-23(14-19-9-4-3-5-10-19)25(32)31(2)21-12-13-22-20(15-21)16-27-17-28-22/h3-13,15-17,23H,14H2,1-2H3,(H2,29,30,33). The lowest BCUT2D eigenvalue weighted by Crippen LogP contribution is -2.52. The van der Waals surface area contributed by atoms with Crippen molar-refractivity contribution in [2.45, 2.75) is 24.3 Å². The average molecular weight is 504 g/mol. The molecule has 0 aliphatic carbocycles. The molecule has 10 heteroatoms. The van der Waals surface area contributed by atoms with E-state index in [9.17, 15) is 18.0 Å². The smallest absolute Gasteiger partial charge is 0.325 e. The van der Waals surface area contributed by atoms with Crippen LogP contribution in [0.3, 0.4) is 0 Å². The number of sulfonamides is 1. The van der Waals surface area contributed by atoms with Crippen LogP contribution in [0.4, 0.5) is 10.5 Å². The van der Waals surface area contributed by atoms with Gasteiger partial charge in [-0.2, -0.15) is 0 Å². The maximum Gasteiger partial charge on any atom is 0.329 e. The molecule has 0 saturated carbocycles. The van der Waals surface area contributed by atoms with E-state index in [4.69, 9.17) is 0 Å². The van der Waals surface area contributed by atoms with Crippen molar-refractivity contribution in [1.82, 2.24) is 20.0 Å². The summed E-state index contributed by atoms with van der Waals surface area (Å²) < 4.78 is 27.6. The summed E-state index contributed by atoms with van der Waals surface area (Å²) in [5.74, 6) is -0.418. The number of benzene rings is 3. The lowest BCUT2D eigenvalue weighted by atomic mass is 10.0. The van der Waals surface area contributed by atoms with E-state index in [1.54, 1.807) is 56.6 Å². The zero-order chi connectivity index (χ0) is 25.7. The van der Waals surface area contributed by atoms with Gasteiger partial charge in [0.25, 0.3) is 10.0 Å². The highest BCUT2D eigenvalue weighted by molar-refractivity contribution is 7.90. The first-order valence-electron chi connectivity index (χ1n) is 11.1. The summed E-state index contributed by atoms with van der Waals surface area (Å²) in [4.78, 5) is 35.9. The average Bonchev–Trinajstić information content (AvgIpc) is 2.87. The maximum absolute atomic E-state index is 13.5. The molecule has 1 aromatic heterocycles. The Hall–Kier alpha value is -4.31. The summed E-state index contributed by atoms with van der Waals surface area (Å²) >= 11 is 0. The van der Waals surface area contributed by atoms with Crippen molar-refractivity contribution in [1.29, 1.82) is 0 Å². The van der Waals surface area contributed by atoms with Crippen molar-refractivity contribution in [2.75, 3.05) is 11.9 Å². The SMILES string of the molecule is Cc1ccccc1S(=O)(=O)NC(=O)NC(Cc1ccccc1)C(=O)N(C)c1ccc2ncncc2c1. The number of hydrogen-bond acceptors (Lipinski definition) is 6. The number of aromatic nitrogens is 2. The van der Waals surface area contributed by atoms with Crippen LogP contribution in [-0.4, -0.2) is 43.4 Å². The number of carbonyl (C=O) groups is 2. The molecule has 4 rings (SSSR count). The maximum atomic E-state index is 13.5. The molecule has 0 saturated heterocycles. The minimum absolute atomic E-state index is 0.0124. The van der Waals surface area contributed by atoms with Crippen LogP contribution in [-0.2, 0) is 21.2 Å². The first kappa shape index (κ1) is 24.8. The predicted octanol–water partition coefficient (Wildman–Crippen LogP) is 3.20. The minimum Gasteiger partial charge on any atom is -0.325 e. The number of fused-ring (bicyclic) bond motifs is 1. The molecule has 36 heavy (non-hydrogen) atoms. The van der Waals surface area contributed by atoms with E-state index in [0.29, 0.717) is 11.3 Å². The number of hydrogen-bond donors (Lipinski definition) is 2. The number of amides is 3. The van der Waals surface area contributed by atoms with Crippen molar-refractivity contribution in [2.24, 2.45) is 0 Å². The van der Waals surface area contributed by atoms with E-state index in [2.05, 4.69) is 15.3 Å². The molecule has 2 N–H and O–H groups in total. The molecule has 0 aliphatic heterocycles. The molecule has 4 aromatic rings. The number of nitrogens with one attached hydrogen (secondary N) is 2. The highest BCUT2D eigenvalue weighted by Gasteiger charge is 2.28. The second-order valence-corrected chi connectivity index (χ2v) is 9.90. The lowest BCUT2D eigenvalue weighted by molar-refractivity contribution is -0.120. The molecular weight excluding hydrogens is 478 g/mol. The Morgan fingerprint density at radius 1 is 1.00 bits per heavy atom. The Bertz CT molecular complexity index is 1510. The largest absolute Gasteiger partial charge is 0.329 e. The van der Waals surface area contributed by atoms with Gasteiger partial charge in [-0.25, -0.2) is 27.9 Å². The summed E-state index contributed by atoms with van der Waals surface area (Å²) in [7, 11) is -2.54. The molecule has 1 heterocycles. The van der Waals surface area contributed by atoms with Gasteiger partial charge < -0.3 is 10.2 Å². The van der Waals surface area contributed by atoms with Crippen molar-refractivity contribution in [3.8, 4) is 0 Å². The van der Waals surface area contributed by atoms with Gasteiger partial charge in [-0.1, -0.05) is 48.5 Å². The molecule has 0 bridgehead atoms. The third-order valence-electron chi connectivity index (χ3n) is 5.70. The summed E-state index contributed by atoms with van der Waals surface area (Å²) in [6.07, 6.45) is 3.26. The summed E-state index contributed by atoms with van der Waals surface area (Å²) in [5.41, 5.74) is 2.61. The number of urea groups is 1. The molecule has 0 fully saturated rings. The van der Waals surface area contributed by atoms with Crippen LogP contribution in [0.25, 0.3) is 10.9 Å². The fourth-order valence-corrected chi connectivity index (χ4v) is 4.98. The molecular formula is C26H25N5O4S. The first-order valence-corrected chi connectivity index (χ1v) is 12.6. The number of anilines is 1. The molecule has 184 valence electrons. The molecule has 0 aliphatic rings. The van der Waals surface area contributed by atoms with E-state index < -0.39 is 28.0 Å². The molecule has 0 spiro atoms. The topological polar surface area (TPSA) is 121 Å². The number of nitrogens with zero attached hydrogens (tertiary/aromatic N) is 3. The third kappa shape index (κ3) is 5.66. The number of aryl methyl sites for hydroxylation is 1. The highest BCUT2D eigenvalue weighted by Crippen LogP contribution is 2.21. The molecule has 0 radical (unpaired) electrons. The van der Waals surface area contributed by atoms with Crippen LogP contribution in [0.15, 0.2) is 90.2 Å². The van der Waals surface area contributed by atoms with E-state index in [1.165, 1.54) is 17.3 Å². The van der Waals surface area contributed by atoms with Crippen LogP contribution in [0.5, 0.6) is 0 Å². The fourth-order valence-electron chi connectivity index (χ4n) is 3.81. The molecule has 3 amide bonds. The zero-order valence-electron chi connectivity index (χ0n) is 19.8. The first-order chi connectivity index (χ1) is 17.2. The van der Waals surface area contributed by atoms with Gasteiger partial charge in [0, 0.05) is 30.7 Å². The Balaban J connectivity index is 1.57. The van der Waals surface area contributed by atoms with Crippen molar-refractivity contribution < 1.29 is 18.0 Å². The molecule has 3 aromatic carbocycles. The van der Waals surface area contributed by atoms with Crippen LogP contribution >= 0.6 is 0 Å². The quantitative estimate of drug-likeness (QED) is 0.400. The number of likely N-dealkylation sites (N-methyl/N-ethyl adjacent to an activating group) is 1. The lowest BCUT2D eigenvalue weighted by Gasteiger charge is -2.25. The van der Waals surface area contributed by atoms with Crippen LogP contribution in [0, 0.1) is 6.92 Å². The van der Waals surface area contributed by atoms with Gasteiger partial charge in [0.1, 0.15) is 12.4 Å². The van der Waals surface area contributed by atoms with Gasteiger partial charge in [0.2, 0.25) is 5.91 Å². The highest BCUT2D eigenvalue weighted by atomic mass is 32.2. The summed E-state index contributed by atoms with van der Waals surface area (Å²) in [6, 6.07) is 18.8. The third-order valence-corrected chi connectivity index (χ3v) is 7.19. The van der Waals surface area contributed by atoms with E-state index in [-0.39, 0.29) is 11.3 Å².